The summed E-state index contributed by atoms with van der Waals surface area (Å²) in [5.41, 5.74) is 3.15. The summed E-state index contributed by atoms with van der Waals surface area (Å²) in [7, 11) is 0. The van der Waals surface area contributed by atoms with Gasteiger partial charge in [0.15, 0.2) is 0 Å². The Balaban J connectivity index is 4.45. The van der Waals surface area contributed by atoms with Crippen molar-refractivity contribution < 1.29 is 0 Å². The van der Waals surface area contributed by atoms with Crippen molar-refractivity contribution in [2.75, 3.05) is 0 Å². The summed E-state index contributed by atoms with van der Waals surface area (Å²) in [6, 6.07) is 0. The molecule has 0 amide bonds. The van der Waals surface area contributed by atoms with Crippen molar-refractivity contribution in [3.63, 3.8) is 0 Å². The van der Waals surface area contributed by atoms with E-state index in [-0.39, 0.29) is 0 Å². The van der Waals surface area contributed by atoms with Crippen LogP contribution in [-0.2, 0) is 0 Å². The first-order valence-electron chi connectivity index (χ1n) is 11.8. The topological polar surface area (TPSA) is 0 Å². The molecule has 26 heavy (non-hydrogen) atoms. The Morgan fingerprint density at radius 2 is 1.15 bits per heavy atom. The second kappa shape index (κ2) is 17.4. The second-order valence-corrected chi connectivity index (χ2v) is 23.0. The Bertz CT molecular complexity index is 356. The van der Waals surface area contributed by atoms with Gasteiger partial charge in [-0.15, -0.1) is 0 Å². The van der Waals surface area contributed by atoms with E-state index in [0.29, 0.717) is 0 Å². The van der Waals surface area contributed by atoms with Crippen LogP contribution >= 0.6 is 0 Å². The van der Waals surface area contributed by atoms with E-state index in [0.717, 1.165) is 0 Å². The number of hydrogen-bond donors (Lipinski definition) is 0. The molecule has 0 N–H and O–H groups in total. The molecule has 1 heteroatoms. The molecule has 0 rings (SSSR count). The van der Waals surface area contributed by atoms with Gasteiger partial charge < -0.3 is 0 Å². The van der Waals surface area contributed by atoms with Crippen molar-refractivity contribution >= 4 is 18.4 Å². The molecule has 0 unspecified atom stereocenters. The van der Waals surface area contributed by atoms with E-state index in [1.165, 1.54) is 76.2 Å². The van der Waals surface area contributed by atoms with Crippen molar-refractivity contribution in [1.82, 2.24) is 0 Å². The van der Waals surface area contributed by atoms with Gasteiger partial charge >= 0.3 is 172 Å². The van der Waals surface area contributed by atoms with Crippen LogP contribution in [0.2, 0.25) is 17.7 Å². The fourth-order valence-electron chi connectivity index (χ4n) is 4.10. The number of hydrogen-bond acceptors (Lipinski definition) is 0. The van der Waals surface area contributed by atoms with Gasteiger partial charge in [-0.25, -0.2) is 0 Å². The molecular formula is C25H50Sn. The van der Waals surface area contributed by atoms with Crippen LogP contribution in [0.5, 0.6) is 0 Å². The molecular weight excluding hydrogens is 419 g/mol. The first-order valence-corrected chi connectivity index (χ1v) is 19.9. The number of unbranched alkanes of at least 4 members (excludes halogenated alkanes) is 4. The maximum absolute atomic E-state index is 2.49. The fraction of sp³-hybridized carbons (Fsp3) is 0.840. The third-order valence-electron chi connectivity index (χ3n) is 6.23. The van der Waals surface area contributed by atoms with Gasteiger partial charge in [0.05, 0.1) is 0 Å². The standard InChI is InChI=1S/C13H23.3C4H9.Sn/c1-5-7-9-13(4)11-8-10-12(3)6-2;3*1-3-4-2;/h6,11H,1,5,7-10H2,2-4H3;3*1,3-4H2,2H3;/b12-6+,13-11-;;;;. The van der Waals surface area contributed by atoms with Gasteiger partial charge in [0, 0.05) is 0 Å². The second-order valence-electron chi connectivity index (χ2n) is 8.74. The van der Waals surface area contributed by atoms with Crippen molar-refractivity contribution in [3.8, 4) is 0 Å². The van der Waals surface area contributed by atoms with Crippen LogP contribution in [0.4, 0.5) is 0 Å². The van der Waals surface area contributed by atoms with Gasteiger partial charge in [0.1, 0.15) is 0 Å². The summed E-state index contributed by atoms with van der Waals surface area (Å²) in [5.74, 6) is 0. The van der Waals surface area contributed by atoms with E-state index in [4.69, 9.17) is 0 Å². The van der Waals surface area contributed by atoms with E-state index in [2.05, 4.69) is 53.7 Å². The molecule has 0 aliphatic carbocycles. The third-order valence-corrected chi connectivity index (χ3v) is 22.4. The molecule has 0 fully saturated rings. The Kier molecular flexibility index (Phi) is 17.6. The van der Waals surface area contributed by atoms with Gasteiger partial charge in [-0.2, -0.15) is 0 Å². The number of allylic oxidation sites excluding steroid dienone is 4. The van der Waals surface area contributed by atoms with Gasteiger partial charge in [-0.1, -0.05) is 0 Å². The molecule has 0 aromatic heterocycles. The van der Waals surface area contributed by atoms with E-state index >= 15 is 0 Å². The predicted octanol–water partition coefficient (Wildman–Crippen LogP) is 9.70. The fourth-order valence-corrected chi connectivity index (χ4v) is 20.7. The van der Waals surface area contributed by atoms with E-state index in [1.54, 1.807) is 23.3 Å². The van der Waals surface area contributed by atoms with Crippen LogP contribution in [0.1, 0.15) is 112 Å². The summed E-state index contributed by atoms with van der Waals surface area (Å²) in [6.07, 6.45) is 20.3. The molecule has 0 atom stereocenters. The summed E-state index contributed by atoms with van der Waals surface area (Å²) in [5, 5.41) is 0. The van der Waals surface area contributed by atoms with Gasteiger partial charge in [0.2, 0.25) is 0 Å². The van der Waals surface area contributed by atoms with E-state index in [1.807, 2.05) is 0 Å². The maximum atomic E-state index is 2.49. The Morgan fingerprint density at radius 1 is 0.654 bits per heavy atom. The zero-order valence-electron chi connectivity index (χ0n) is 19.3. The minimum atomic E-state index is -1.85. The molecule has 154 valence electrons. The first kappa shape index (κ1) is 26.3. The van der Waals surface area contributed by atoms with Crippen LogP contribution in [0.25, 0.3) is 0 Å². The molecule has 0 aromatic carbocycles. The summed E-state index contributed by atoms with van der Waals surface area (Å²) < 4.78 is 6.73. The molecule has 0 spiro atoms. The Hall–Kier alpha value is 0.279. The zero-order valence-corrected chi connectivity index (χ0v) is 22.1. The quantitative estimate of drug-likeness (QED) is 0.113. The van der Waals surface area contributed by atoms with Gasteiger partial charge in [-0.05, 0) is 0 Å². The molecule has 0 aliphatic heterocycles. The van der Waals surface area contributed by atoms with Gasteiger partial charge in [-0.3, -0.25) is 0 Å². The summed E-state index contributed by atoms with van der Waals surface area (Å²) in [4.78, 5) is 0. The Labute approximate surface area is 171 Å². The third kappa shape index (κ3) is 13.4. The van der Waals surface area contributed by atoms with Gasteiger partial charge in [0.25, 0.3) is 0 Å². The van der Waals surface area contributed by atoms with E-state index < -0.39 is 18.4 Å². The SMILES string of the molecule is C/C=C(\C)CC/C=C(/C)CCC[CH2][Sn]([CH2]CCC)([CH2]CCC)[CH2]CCC. The molecule has 0 saturated heterocycles. The average Bonchev–Trinajstić information content (AvgIpc) is 2.65. The molecule has 0 bridgehead atoms. The molecule has 0 heterocycles. The first-order chi connectivity index (χ1) is 12.5. The zero-order chi connectivity index (χ0) is 19.7. The molecule has 0 nitrogen and oxygen atoms in total. The van der Waals surface area contributed by atoms with Crippen LogP contribution in [0, 0.1) is 0 Å². The number of rotatable bonds is 17. The molecule has 0 radical (unpaired) electrons. The van der Waals surface area contributed by atoms with Crippen molar-refractivity contribution in [3.05, 3.63) is 23.3 Å². The van der Waals surface area contributed by atoms with Crippen LogP contribution in [-0.4, -0.2) is 18.4 Å². The van der Waals surface area contributed by atoms with E-state index in [9.17, 15) is 0 Å². The van der Waals surface area contributed by atoms with Crippen molar-refractivity contribution in [2.45, 2.75) is 130 Å². The molecule has 0 aliphatic rings. The van der Waals surface area contributed by atoms with Crippen LogP contribution < -0.4 is 0 Å². The Morgan fingerprint density at radius 3 is 1.62 bits per heavy atom. The predicted molar refractivity (Wildman–Crippen MR) is 126 cm³/mol. The normalized spacial score (nSPS) is 13.5. The monoisotopic (exact) mass is 470 g/mol. The van der Waals surface area contributed by atoms with Crippen molar-refractivity contribution in [1.29, 1.82) is 0 Å². The summed E-state index contributed by atoms with van der Waals surface area (Å²) >= 11 is -1.85. The average molecular weight is 469 g/mol. The summed E-state index contributed by atoms with van der Waals surface area (Å²) in [6.45, 7) is 13.9. The van der Waals surface area contributed by atoms with Crippen LogP contribution in [0.3, 0.4) is 0 Å². The van der Waals surface area contributed by atoms with Crippen LogP contribution in [0.15, 0.2) is 23.3 Å². The molecule has 0 aromatic rings. The molecule has 0 saturated carbocycles. The minimum absolute atomic E-state index is 1.23. The van der Waals surface area contributed by atoms with Crippen molar-refractivity contribution in [2.24, 2.45) is 0 Å².